The standard InChI is InChI=1S/C16H23FN2O2/c1-12-5-8-19(9-6-12)15-10-13(2-3-14(15)17)11-18-7-4-16(20)21/h2-3,10,12,18H,4-9,11H2,1H3,(H,20,21). The van der Waals surface area contributed by atoms with Crippen LogP contribution >= 0.6 is 0 Å². The van der Waals surface area contributed by atoms with Crippen molar-refractivity contribution in [2.24, 2.45) is 5.92 Å². The van der Waals surface area contributed by atoms with Crippen LogP contribution in [0.1, 0.15) is 31.7 Å². The number of benzene rings is 1. The first-order valence-corrected chi connectivity index (χ1v) is 7.52. The topological polar surface area (TPSA) is 52.6 Å². The van der Waals surface area contributed by atoms with Crippen LogP contribution in [0.2, 0.25) is 0 Å². The Labute approximate surface area is 125 Å². The van der Waals surface area contributed by atoms with Gasteiger partial charge in [-0.1, -0.05) is 13.0 Å². The minimum atomic E-state index is -0.815. The molecule has 0 amide bonds. The first-order chi connectivity index (χ1) is 10.1. The van der Waals surface area contributed by atoms with Crippen molar-refractivity contribution in [1.29, 1.82) is 0 Å². The number of piperidine rings is 1. The molecule has 4 nitrogen and oxygen atoms in total. The average Bonchev–Trinajstić information content (AvgIpc) is 2.46. The second-order valence-electron chi connectivity index (χ2n) is 5.78. The molecular weight excluding hydrogens is 271 g/mol. The summed E-state index contributed by atoms with van der Waals surface area (Å²) in [5, 5.41) is 11.7. The summed E-state index contributed by atoms with van der Waals surface area (Å²) in [6, 6.07) is 5.12. The van der Waals surface area contributed by atoms with Crippen molar-refractivity contribution >= 4 is 11.7 Å². The molecule has 0 bridgehead atoms. The Morgan fingerprint density at radius 1 is 1.43 bits per heavy atom. The predicted molar refractivity (Wildman–Crippen MR) is 81.0 cm³/mol. The minimum absolute atomic E-state index is 0.0953. The molecule has 0 radical (unpaired) electrons. The van der Waals surface area contributed by atoms with E-state index in [1.165, 1.54) is 6.07 Å². The van der Waals surface area contributed by atoms with Crippen molar-refractivity contribution < 1.29 is 14.3 Å². The van der Waals surface area contributed by atoms with Crippen LogP contribution in [0, 0.1) is 11.7 Å². The molecule has 0 aromatic heterocycles. The third kappa shape index (κ3) is 4.70. The molecule has 2 N–H and O–H groups in total. The van der Waals surface area contributed by atoms with Gasteiger partial charge in [0.25, 0.3) is 0 Å². The van der Waals surface area contributed by atoms with Crippen molar-refractivity contribution in [3.05, 3.63) is 29.6 Å². The maximum atomic E-state index is 14.0. The van der Waals surface area contributed by atoms with Crippen LogP contribution in [0.3, 0.4) is 0 Å². The molecule has 1 aromatic carbocycles. The monoisotopic (exact) mass is 294 g/mol. The van der Waals surface area contributed by atoms with Gasteiger partial charge in [0.1, 0.15) is 5.82 Å². The quantitative estimate of drug-likeness (QED) is 0.792. The highest BCUT2D eigenvalue weighted by Gasteiger charge is 2.18. The van der Waals surface area contributed by atoms with Gasteiger partial charge < -0.3 is 15.3 Å². The minimum Gasteiger partial charge on any atom is -0.481 e. The van der Waals surface area contributed by atoms with E-state index < -0.39 is 5.97 Å². The molecule has 1 aliphatic heterocycles. The second-order valence-corrected chi connectivity index (χ2v) is 5.78. The lowest BCUT2D eigenvalue weighted by molar-refractivity contribution is -0.136. The largest absolute Gasteiger partial charge is 0.481 e. The lowest BCUT2D eigenvalue weighted by Gasteiger charge is -2.32. The Bertz CT molecular complexity index is 485. The molecule has 0 unspecified atom stereocenters. The summed E-state index contributed by atoms with van der Waals surface area (Å²) < 4.78 is 14.0. The first-order valence-electron chi connectivity index (χ1n) is 7.52. The number of halogens is 1. The van der Waals surface area contributed by atoms with E-state index in [0.717, 1.165) is 31.5 Å². The van der Waals surface area contributed by atoms with Crippen LogP contribution in [0.5, 0.6) is 0 Å². The molecule has 0 atom stereocenters. The number of carbonyl (C=O) groups is 1. The summed E-state index contributed by atoms with van der Waals surface area (Å²) in [5.74, 6) is -0.284. The van der Waals surface area contributed by atoms with Crippen LogP contribution in [-0.4, -0.2) is 30.7 Å². The molecule has 2 rings (SSSR count). The number of rotatable bonds is 6. The second kappa shape index (κ2) is 7.41. The van der Waals surface area contributed by atoms with Gasteiger partial charge in [0.15, 0.2) is 0 Å². The molecule has 0 aliphatic carbocycles. The molecule has 1 heterocycles. The Morgan fingerprint density at radius 2 is 2.14 bits per heavy atom. The fraction of sp³-hybridized carbons (Fsp3) is 0.562. The van der Waals surface area contributed by atoms with Crippen molar-refractivity contribution in [3.8, 4) is 0 Å². The number of aliphatic carboxylic acids is 1. The third-order valence-corrected chi connectivity index (χ3v) is 3.98. The third-order valence-electron chi connectivity index (χ3n) is 3.98. The molecule has 5 heteroatoms. The lowest BCUT2D eigenvalue weighted by atomic mass is 9.98. The molecule has 21 heavy (non-hydrogen) atoms. The molecule has 0 spiro atoms. The Balaban J connectivity index is 1.95. The highest BCUT2D eigenvalue weighted by atomic mass is 19.1. The number of carboxylic acid groups (broad SMARTS) is 1. The van der Waals surface area contributed by atoms with Gasteiger partial charge in [0, 0.05) is 26.2 Å². The summed E-state index contributed by atoms with van der Waals surface area (Å²) in [7, 11) is 0. The Kier molecular flexibility index (Phi) is 5.56. The van der Waals surface area contributed by atoms with Crippen LogP contribution in [0.25, 0.3) is 0 Å². The van der Waals surface area contributed by atoms with E-state index in [1.807, 2.05) is 6.07 Å². The Hall–Kier alpha value is -1.62. The van der Waals surface area contributed by atoms with E-state index in [1.54, 1.807) is 6.07 Å². The highest BCUT2D eigenvalue weighted by molar-refractivity contribution is 5.66. The van der Waals surface area contributed by atoms with Crippen molar-refractivity contribution in [1.82, 2.24) is 5.32 Å². The molecule has 0 saturated carbocycles. The smallest absolute Gasteiger partial charge is 0.304 e. The number of anilines is 1. The van der Waals surface area contributed by atoms with Crippen molar-refractivity contribution in [2.75, 3.05) is 24.5 Å². The molecule has 1 saturated heterocycles. The molecule has 1 fully saturated rings. The summed E-state index contributed by atoms with van der Waals surface area (Å²) >= 11 is 0. The zero-order valence-corrected chi connectivity index (χ0v) is 12.4. The molecule has 1 aromatic rings. The molecular formula is C16H23FN2O2. The van der Waals surface area contributed by atoms with Gasteiger partial charge in [-0.3, -0.25) is 4.79 Å². The first kappa shape index (κ1) is 15.8. The lowest BCUT2D eigenvalue weighted by Crippen LogP contribution is -2.33. The molecule has 116 valence electrons. The molecule has 1 aliphatic rings. The van der Waals surface area contributed by atoms with Gasteiger partial charge in [-0.2, -0.15) is 0 Å². The summed E-state index contributed by atoms with van der Waals surface area (Å²) in [6.45, 7) is 5.01. The number of nitrogens with one attached hydrogen (secondary N) is 1. The Morgan fingerprint density at radius 3 is 2.81 bits per heavy atom. The summed E-state index contributed by atoms with van der Waals surface area (Å²) in [4.78, 5) is 12.6. The number of hydrogen-bond acceptors (Lipinski definition) is 3. The number of carboxylic acids is 1. The summed E-state index contributed by atoms with van der Waals surface area (Å²) in [5.41, 5.74) is 1.65. The fourth-order valence-electron chi connectivity index (χ4n) is 2.59. The summed E-state index contributed by atoms with van der Waals surface area (Å²) in [6.07, 6.45) is 2.29. The number of hydrogen-bond donors (Lipinski definition) is 2. The van der Waals surface area contributed by atoms with Crippen LogP contribution in [0.15, 0.2) is 18.2 Å². The van der Waals surface area contributed by atoms with Crippen LogP contribution in [-0.2, 0) is 11.3 Å². The highest BCUT2D eigenvalue weighted by Crippen LogP contribution is 2.26. The van der Waals surface area contributed by atoms with Gasteiger partial charge in [-0.05, 0) is 36.5 Å². The van der Waals surface area contributed by atoms with E-state index in [0.29, 0.717) is 24.7 Å². The SMILES string of the molecule is CC1CCN(c2cc(CNCCC(=O)O)ccc2F)CC1. The maximum Gasteiger partial charge on any atom is 0.304 e. The van der Waals surface area contributed by atoms with E-state index >= 15 is 0 Å². The van der Waals surface area contributed by atoms with E-state index in [-0.39, 0.29) is 12.2 Å². The predicted octanol–water partition coefficient (Wildman–Crippen LogP) is 2.63. The zero-order chi connectivity index (χ0) is 15.2. The van der Waals surface area contributed by atoms with Gasteiger partial charge in [-0.15, -0.1) is 0 Å². The van der Waals surface area contributed by atoms with Crippen molar-refractivity contribution in [3.63, 3.8) is 0 Å². The van der Waals surface area contributed by atoms with Gasteiger partial charge in [0.05, 0.1) is 12.1 Å². The van der Waals surface area contributed by atoms with Gasteiger partial charge in [-0.25, -0.2) is 4.39 Å². The van der Waals surface area contributed by atoms with Crippen LogP contribution < -0.4 is 10.2 Å². The number of nitrogens with zero attached hydrogens (tertiary/aromatic N) is 1. The fourth-order valence-corrected chi connectivity index (χ4v) is 2.59. The maximum absolute atomic E-state index is 14.0. The van der Waals surface area contributed by atoms with E-state index in [9.17, 15) is 9.18 Å². The van der Waals surface area contributed by atoms with Gasteiger partial charge in [0.2, 0.25) is 0 Å². The average molecular weight is 294 g/mol. The van der Waals surface area contributed by atoms with E-state index in [2.05, 4.69) is 17.1 Å². The van der Waals surface area contributed by atoms with Gasteiger partial charge >= 0.3 is 5.97 Å². The van der Waals surface area contributed by atoms with Crippen LogP contribution in [0.4, 0.5) is 10.1 Å². The normalized spacial score (nSPS) is 16.2. The zero-order valence-electron chi connectivity index (χ0n) is 12.4. The van der Waals surface area contributed by atoms with E-state index in [4.69, 9.17) is 5.11 Å². The van der Waals surface area contributed by atoms with Crippen molar-refractivity contribution in [2.45, 2.75) is 32.7 Å².